The minimum Gasteiger partial charge on any atom is -0.467 e. The third-order valence-corrected chi connectivity index (χ3v) is 3.27. The molecule has 0 aromatic rings. The van der Waals surface area contributed by atoms with Crippen molar-refractivity contribution >= 4 is 36.5 Å². The van der Waals surface area contributed by atoms with Gasteiger partial charge in [0.25, 0.3) is 0 Å². The van der Waals surface area contributed by atoms with Gasteiger partial charge in [-0.3, -0.25) is 14.4 Å². The van der Waals surface area contributed by atoms with Gasteiger partial charge in [-0.25, -0.2) is 4.79 Å². The summed E-state index contributed by atoms with van der Waals surface area (Å²) >= 11 is 4.10. The molecule has 130 valence electrons. The molecule has 9 nitrogen and oxygen atoms in total. The molecule has 0 radical (unpaired) electrons. The summed E-state index contributed by atoms with van der Waals surface area (Å²) in [6.07, 6.45) is -5.19. The van der Waals surface area contributed by atoms with Crippen LogP contribution in [0.25, 0.3) is 0 Å². The molecule has 1 aliphatic heterocycles. The lowest BCUT2D eigenvalue weighted by Gasteiger charge is -2.42. The first kappa shape index (κ1) is 19.2. The van der Waals surface area contributed by atoms with Gasteiger partial charge in [-0.2, -0.15) is 0 Å². The normalized spacial score (nSPS) is 30.0. The minimum atomic E-state index is -1.39. The van der Waals surface area contributed by atoms with E-state index in [9.17, 15) is 19.2 Å². The lowest BCUT2D eigenvalue weighted by molar-refractivity contribution is -0.234. The Morgan fingerprint density at radius 3 is 1.70 bits per heavy atom. The number of esters is 4. The number of carbonyl (C=O) groups is 4. The quantitative estimate of drug-likeness (QED) is 0.411. The molecule has 1 heterocycles. The first-order valence-corrected chi connectivity index (χ1v) is 7.12. The molecule has 0 saturated carbocycles. The van der Waals surface area contributed by atoms with Crippen molar-refractivity contribution in [1.82, 2.24) is 0 Å². The predicted octanol–water partition coefficient (Wildman–Crippen LogP) is -0.391. The average molecular weight is 350 g/mol. The van der Waals surface area contributed by atoms with Crippen molar-refractivity contribution in [2.75, 3.05) is 7.11 Å². The first-order valence-electron chi connectivity index (χ1n) is 6.60. The maximum absolute atomic E-state index is 11.8. The topological polar surface area (TPSA) is 114 Å². The molecule has 0 aliphatic carbocycles. The van der Waals surface area contributed by atoms with Crippen LogP contribution in [0.3, 0.4) is 0 Å². The molecule has 1 saturated heterocycles. The van der Waals surface area contributed by atoms with Gasteiger partial charge in [-0.1, -0.05) is 0 Å². The Morgan fingerprint density at radius 1 is 0.826 bits per heavy atom. The summed E-state index contributed by atoms with van der Waals surface area (Å²) in [5.74, 6) is -3.01. The second kappa shape index (κ2) is 8.16. The van der Waals surface area contributed by atoms with Crippen LogP contribution in [-0.4, -0.2) is 60.8 Å². The molecule has 0 amide bonds. The van der Waals surface area contributed by atoms with E-state index in [1.807, 2.05) is 0 Å². The number of rotatable bonds is 4. The fourth-order valence-corrected chi connectivity index (χ4v) is 2.46. The number of carbonyl (C=O) groups excluding carboxylic acids is 4. The van der Waals surface area contributed by atoms with E-state index in [-0.39, 0.29) is 0 Å². The second-order valence-electron chi connectivity index (χ2n) is 4.69. The SMILES string of the molecule is COC(=O)[C@H]1O[C@H](S)[C@H](OC(C)=O)[C@@H](OC(C)=O)[C@@H]1OC(C)=O. The van der Waals surface area contributed by atoms with E-state index in [0.717, 1.165) is 27.9 Å². The van der Waals surface area contributed by atoms with Crippen LogP contribution in [0.2, 0.25) is 0 Å². The highest BCUT2D eigenvalue weighted by Crippen LogP contribution is 2.30. The van der Waals surface area contributed by atoms with Gasteiger partial charge in [0.15, 0.2) is 24.4 Å². The summed E-state index contributed by atoms with van der Waals surface area (Å²) in [4.78, 5) is 45.7. The number of thiol groups is 1. The fourth-order valence-electron chi connectivity index (χ4n) is 2.10. The Bertz CT molecular complexity index is 492. The maximum atomic E-state index is 11.8. The van der Waals surface area contributed by atoms with E-state index in [4.69, 9.17) is 18.9 Å². The van der Waals surface area contributed by atoms with Crippen molar-refractivity contribution in [1.29, 1.82) is 0 Å². The van der Waals surface area contributed by atoms with Crippen LogP contribution in [0.15, 0.2) is 0 Å². The molecule has 0 bridgehead atoms. The number of hydrogen-bond acceptors (Lipinski definition) is 10. The molecule has 0 aromatic carbocycles. The van der Waals surface area contributed by atoms with E-state index in [2.05, 4.69) is 17.4 Å². The van der Waals surface area contributed by atoms with Crippen molar-refractivity contribution in [2.45, 2.75) is 50.6 Å². The Morgan fingerprint density at radius 2 is 1.26 bits per heavy atom. The van der Waals surface area contributed by atoms with E-state index in [0.29, 0.717) is 0 Å². The van der Waals surface area contributed by atoms with Crippen molar-refractivity contribution in [3.05, 3.63) is 0 Å². The fraction of sp³-hybridized carbons (Fsp3) is 0.692. The molecule has 1 fully saturated rings. The molecule has 5 atom stereocenters. The Kier molecular flexibility index (Phi) is 6.82. The molecule has 0 aromatic heterocycles. The Balaban J connectivity index is 3.21. The van der Waals surface area contributed by atoms with Crippen LogP contribution in [-0.2, 0) is 42.9 Å². The first-order chi connectivity index (χ1) is 10.7. The predicted molar refractivity (Wildman–Crippen MR) is 76.3 cm³/mol. The van der Waals surface area contributed by atoms with Crippen LogP contribution in [0.1, 0.15) is 20.8 Å². The van der Waals surface area contributed by atoms with Crippen LogP contribution in [0.4, 0.5) is 0 Å². The minimum absolute atomic E-state index is 0.687. The number of ether oxygens (including phenoxy) is 5. The van der Waals surface area contributed by atoms with Crippen molar-refractivity contribution < 1.29 is 42.9 Å². The zero-order valence-electron chi connectivity index (χ0n) is 13.0. The highest BCUT2D eigenvalue weighted by atomic mass is 32.1. The van der Waals surface area contributed by atoms with Crippen LogP contribution < -0.4 is 0 Å². The van der Waals surface area contributed by atoms with E-state index in [1.165, 1.54) is 0 Å². The van der Waals surface area contributed by atoms with Crippen molar-refractivity contribution in [3.8, 4) is 0 Å². The lowest BCUT2D eigenvalue weighted by Crippen LogP contribution is -2.62. The van der Waals surface area contributed by atoms with Crippen molar-refractivity contribution in [2.24, 2.45) is 0 Å². The third-order valence-electron chi connectivity index (χ3n) is 2.85. The lowest BCUT2D eigenvalue weighted by atomic mass is 9.99. The summed E-state index contributed by atoms with van der Waals surface area (Å²) in [6.45, 7) is 3.36. The standard InChI is InChI=1S/C13H18O9S/c1-5(14)19-8-9(20-6(2)15)11(21-7(3)16)13(23)22-10(8)12(17)18-4/h8-11,13,23H,1-4H3/t8-,9-,10-,11+,13+/m0/s1. The van der Waals surface area contributed by atoms with Gasteiger partial charge in [0.05, 0.1) is 7.11 Å². The second-order valence-corrected chi connectivity index (χ2v) is 5.20. The molecule has 23 heavy (non-hydrogen) atoms. The zero-order chi connectivity index (χ0) is 17.7. The van der Waals surface area contributed by atoms with Gasteiger partial charge in [-0.15, -0.1) is 12.6 Å². The van der Waals surface area contributed by atoms with E-state index < -0.39 is 53.7 Å². The smallest absolute Gasteiger partial charge is 0.339 e. The molecule has 0 N–H and O–H groups in total. The van der Waals surface area contributed by atoms with E-state index in [1.54, 1.807) is 0 Å². The monoisotopic (exact) mass is 350 g/mol. The Labute approximate surface area is 137 Å². The maximum Gasteiger partial charge on any atom is 0.339 e. The largest absolute Gasteiger partial charge is 0.467 e. The highest BCUT2D eigenvalue weighted by molar-refractivity contribution is 7.80. The molecule has 0 unspecified atom stereocenters. The zero-order valence-corrected chi connectivity index (χ0v) is 13.9. The highest BCUT2D eigenvalue weighted by Gasteiger charge is 2.53. The molecular weight excluding hydrogens is 332 g/mol. The number of methoxy groups -OCH3 is 1. The average Bonchev–Trinajstić information content (AvgIpc) is 2.43. The third kappa shape index (κ3) is 5.10. The van der Waals surface area contributed by atoms with Gasteiger partial charge in [0.1, 0.15) is 5.44 Å². The summed E-state index contributed by atoms with van der Waals surface area (Å²) in [5, 5.41) is 0. The van der Waals surface area contributed by atoms with Gasteiger partial charge < -0.3 is 23.7 Å². The Hall–Kier alpha value is -1.81. The van der Waals surface area contributed by atoms with Crippen LogP contribution >= 0.6 is 12.6 Å². The molecule has 0 spiro atoms. The van der Waals surface area contributed by atoms with Crippen LogP contribution in [0, 0.1) is 0 Å². The summed E-state index contributed by atoms with van der Waals surface area (Å²) < 4.78 is 25.0. The van der Waals surface area contributed by atoms with Crippen LogP contribution in [0.5, 0.6) is 0 Å². The summed E-state index contributed by atoms with van der Waals surface area (Å²) in [5.41, 5.74) is -1.10. The van der Waals surface area contributed by atoms with Gasteiger partial charge in [-0.05, 0) is 0 Å². The van der Waals surface area contributed by atoms with Gasteiger partial charge >= 0.3 is 23.9 Å². The van der Waals surface area contributed by atoms with Gasteiger partial charge in [0.2, 0.25) is 0 Å². The molecule has 10 heteroatoms. The van der Waals surface area contributed by atoms with E-state index >= 15 is 0 Å². The van der Waals surface area contributed by atoms with Crippen molar-refractivity contribution in [3.63, 3.8) is 0 Å². The molecule has 1 rings (SSSR count). The summed E-state index contributed by atoms with van der Waals surface area (Å²) in [7, 11) is 1.11. The number of hydrogen-bond donors (Lipinski definition) is 1. The molecular formula is C13H18O9S. The summed E-state index contributed by atoms with van der Waals surface area (Å²) in [6, 6.07) is 0. The molecule has 1 aliphatic rings. The van der Waals surface area contributed by atoms with Gasteiger partial charge in [0, 0.05) is 20.8 Å².